The van der Waals surface area contributed by atoms with E-state index in [0.29, 0.717) is 16.6 Å². The summed E-state index contributed by atoms with van der Waals surface area (Å²) in [5, 5.41) is 9.69. The maximum absolute atomic E-state index is 13.6. The minimum atomic E-state index is -4.54. The van der Waals surface area contributed by atoms with E-state index in [1.165, 1.54) is 18.3 Å². The van der Waals surface area contributed by atoms with Crippen LogP contribution in [0.5, 0.6) is 5.75 Å². The average molecular weight is 588 g/mol. The molecule has 5 rings (SSSR count). The Bertz CT molecular complexity index is 1740. The second-order valence-electron chi connectivity index (χ2n) is 9.31. The molecule has 0 unspecified atom stereocenters. The van der Waals surface area contributed by atoms with Gasteiger partial charge in [-0.15, -0.1) is 0 Å². The third kappa shape index (κ3) is 6.55. The normalized spacial score (nSPS) is 13.6. The summed E-state index contributed by atoms with van der Waals surface area (Å²) in [4.78, 5) is 9.54. The number of halogens is 4. The highest BCUT2D eigenvalue weighted by molar-refractivity contribution is 7.92. The van der Waals surface area contributed by atoms with Gasteiger partial charge in [0.25, 0.3) is 0 Å². The predicted molar refractivity (Wildman–Crippen MR) is 146 cm³/mol. The molecule has 13 heteroatoms. The van der Waals surface area contributed by atoms with Gasteiger partial charge in [0, 0.05) is 11.4 Å². The largest absolute Gasteiger partial charge is 0.487 e. The lowest BCUT2D eigenvalue weighted by Gasteiger charge is -2.27. The molecule has 0 atom stereocenters. The number of alkyl halides is 3. The molecule has 0 radical (unpaired) electrons. The molecule has 0 spiro atoms. The van der Waals surface area contributed by atoms with E-state index in [4.69, 9.17) is 16.3 Å². The van der Waals surface area contributed by atoms with Gasteiger partial charge >= 0.3 is 6.18 Å². The molecular formula is C27H21ClF3N5O3S. The average Bonchev–Trinajstić information content (AvgIpc) is 3.71. The summed E-state index contributed by atoms with van der Waals surface area (Å²) in [6, 6.07) is 16.3. The van der Waals surface area contributed by atoms with E-state index < -0.39 is 22.7 Å². The lowest BCUT2D eigenvalue weighted by molar-refractivity contribution is -0.118. The summed E-state index contributed by atoms with van der Waals surface area (Å²) in [6.07, 6.45) is -0.601. The predicted octanol–water partition coefficient (Wildman–Crippen LogP) is 6.43. The monoisotopic (exact) mass is 587 g/mol. The topological polar surface area (TPSA) is 108 Å². The van der Waals surface area contributed by atoms with Crippen LogP contribution in [-0.2, 0) is 10.0 Å². The van der Waals surface area contributed by atoms with Crippen molar-refractivity contribution in [2.45, 2.75) is 25.1 Å². The first-order valence-electron chi connectivity index (χ1n) is 12.0. The first-order chi connectivity index (χ1) is 18.9. The zero-order valence-electron chi connectivity index (χ0n) is 20.9. The van der Waals surface area contributed by atoms with Crippen LogP contribution >= 0.6 is 11.6 Å². The Balaban J connectivity index is 1.46. The molecule has 0 saturated heterocycles. The fourth-order valence-electron chi connectivity index (χ4n) is 4.06. The van der Waals surface area contributed by atoms with Crippen LogP contribution in [0.15, 0.2) is 60.8 Å². The lowest BCUT2D eigenvalue weighted by atomic mass is 10.0. The highest BCUT2D eigenvalue weighted by atomic mass is 35.5. The number of hydrogen-bond donors (Lipinski definition) is 1. The quantitative estimate of drug-likeness (QED) is 0.253. The molecule has 1 aliphatic carbocycles. The van der Waals surface area contributed by atoms with Gasteiger partial charge in [0.2, 0.25) is 10.0 Å². The Morgan fingerprint density at radius 1 is 1.07 bits per heavy atom. The van der Waals surface area contributed by atoms with Crippen molar-refractivity contribution in [2.24, 2.45) is 0 Å². The fraction of sp³-hybridized carbons (Fsp3) is 0.222. The molecule has 1 N–H and O–H groups in total. The first-order valence-corrected chi connectivity index (χ1v) is 14.2. The second kappa shape index (κ2) is 10.5. The summed E-state index contributed by atoms with van der Waals surface area (Å²) in [5.74, 6) is 0.264. The fourth-order valence-corrected chi connectivity index (χ4v) is 4.80. The highest BCUT2D eigenvalue weighted by Crippen LogP contribution is 2.40. The third-order valence-electron chi connectivity index (χ3n) is 5.95. The molecular weight excluding hydrogens is 567 g/mol. The molecule has 0 amide bonds. The molecule has 8 nitrogen and oxygen atoms in total. The second-order valence-corrected chi connectivity index (χ2v) is 11.5. The highest BCUT2D eigenvalue weighted by Gasteiger charge is 2.33. The van der Waals surface area contributed by atoms with E-state index in [-0.39, 0.29) is 39.6 Å². The molecule has 4 aromatic rings. The van der Waals surface area contributed by atoms with Gasteiger partial charge in [-0.1, -0.05) is 29.8 Å². The molecule has 40 heavy (non-hydrogen) atoms. The Kier molecular flexibility index (Phi) is 7.20. The summed E-state index contributed by atoms with van der Waals surface area (Å²) in [6.45, 7) is -1.30. The SMILES string of the molecule is CS(=O)(=O)Nc1cnc2cc(-c3ccc(N(CC(F)(F)F)c4cc(Cl)c(OC5CC5)c(C#N)c4)cc3)ccc2n1. The molecule has 1 aromatic heterocycles. The minimum absolute atomic E-state index is 0.0402. The smallest absolute Gasteiger partial charge is 0.406 e. The number of nitriles is 1. The standard InChI is InChI=1S/C27H21ClF3N5O3S/c1-40(37,38)35-25-14-33-24-11-17(4-9-23(24)34-25)16-2-5-19(6-3-16)36(15-27(29,30)31)20-10-18(13-32)26(22(28)12-20)39-21-7-8-21/h2-6,9-12,14,21H,7-8,15H2,1H3,(H,34,35). The summed E-state index contributed by atoms with van der Waals surface area (Å²) >= 11 is 6.35. The van der Waals surface area contributed by atoms with Crippen molar-refractivity contribution in [3.63, 3.8) is 0 Å². The molecule has 1 heterocycles. The van der Waals surface area contributed by atoms with Crippen molar-refractivity contribution in [3.8, 4) is 22.9 Å². The van der Waals surface area contributed by atoms with Crippen LogP contribution in [-0.4, -0.2) is 43.5 Å². The van der Waals surface area contributed by atoms with Crippen LogP contribution in [0.2, 0.25) is 5.02 Å². The van der Waals surface area contributed by atoms with Crippen molar-refractivity contribution < 1.29 is 26.3 Å². The van der Waals surface area contributed by atoms with Gasteiger partial charge in [0.15, 0.2) is 11.6 Å². The number of hydrogen-bond acceptors (Lipinski definition) is 7. The zero-order valence-corrected chi connectivity index (χ0v) is 22.5. The summed E-state index contributed by atoms with van der Waals surface area (Å²) in [7, 11) is -3.51. The summed E-state index contributed by atoms with van der Waals surface area (Å²) < 4.78 is 71.7. The Labute approximate surface area is 233 Å². The number of aromatic nitrogens is 2. The van der Waals surface area contributed by atoms with Crippen LogP contribution in [0.3, 0.4) is 0 Å². The molecule has 0 bridgehead atoms. The molecule has 206 valence electrons. The maximum atomic E-state index is 13.6. The number of anilines is 3. The van der Waals surface area contributed by atoms with Gasteiger partial charge in [0.05, 0.1) is 40.2 Å². The van der Waals surface area contributed by atoms with E-state index in [1.807, 2.05) is 6.07 Å². The van der Waals surface area contributed by atoms with Crippen LogP contribution in [0.25, 0.3) is 22.2 Å². The van der Waals surface area contributed by atoms with Crippen LogP contribution < -0.4 is 14.4 Å². The van der Waals surface area contributed by atoms with Crippen LogP contribution in [0.1, 0.15) is 18.4 Å². The van der Waals surface area contributed by atoms with Crippen LogP contribution in [0.4, 0.5) is 30.4 Å². The number of benzene rings is 3. The van der Waals surface area contributed by atoms with Gasteiger partial charge in [-0.25, -0.2) is 13.4 Å². The lowest BCUT2D eigenvalue weighted by Crippen LogP contribution is -2.30. The molecule has 1 aliphatic rings. The number of nitrogens with zero attached hydrogens (tertiary/aromatic N) is 4. The molecule has 1 fully saturated rings. The number of fused-ring (bicyclic) bond motifs is 1. The number of sulfonamides is 1. The third-order valence-corrected chi connectivity index (χ3v) is 6.81. The van der Waals surface area contributed by atoms with E-state index in [2.05, 4.69) is 14.7 Å². The Hall–Kier alpha value is -4.08. The van der Waals surface area contributed by atoms with E-state index in [9.17, 15) is 26.9 Å². The Morgan fingerprint density at radius 3 is 2.40 bits per heavy atom. The van der Waals surface area contributed by atoms with E-state index in [0.717, 1.165) is 29.6 Å². The number of nitrogens with one attached hydrogen (secondary N) is 1. The van der Waals surface area contributed by atoms with Gasteiger partial charge in [-0.2, -0.15) is 18.4 Å². The van der Waals surface area contributed by atoms with Crippen molar-refractivity contribution in [1.82, 2.24) is 9.97 Å². The van der Waals surface area contributed by atoms with Crippen molar-refractivity contribution in [1.29, 1.82) is 5.26 Å². The van der Waals surface area contributed by atoms with Crippen molar-refractivity contribution >= 4 is 49.9 Å². The first kappa shape index (κ1) is 27.5. The van der Waals surface area contributed by atoms with Crippen molar-refractivity contribution in [2.75, 3.05) is 22.4 Å². The van der Waals surface area contributed by atoms with Gasteiger partial charge < -0.3 is 9.64 Å². The van der Waals surface area contributed by atoms with E-state index in [1.54, 1.807) is 42.5 Å². The van der Waals surface area contributed by atoms with E-state index >= 15 is 0 Å². The Morgan fingerprint density at radius 2 is 1.77 bits per heavy atom. The number of rotatable bonds is 8. The summed E-state index contributed by atoms with van der Waals surface area (Å²) in [5.41, 5.74) is 2.82. The molecule has 3 aromatic carbocycles. The van der Waals surface area contributed by atoms with Gasteiger partial charge in [0.1, 0.15) is 12.6 Å². The molecule has 0 aliphatic heterocycles. The maximum Gasteiger partial charge on any atom is 0.406 e. The van der Waals surface area contributed by atoms with Crippen LogP contribution in [0, 0.1) is 11.3 Å². The van der Waals surface area contributed by atoms with Gasteiger partial charge in [-0.3, -0.25) is 9.71 Å². The molecule has 1 saturated carbocycles. The zero-order chi connectivity index (χ0) is 28.7. The van der Waals surface area contributed by atoms with Crippen molar-refractivity contribution in [3.05, 3.63) is 71.4 Å². The number of ether oxygens (including phenoxy) is 1. The minimum Gasteiger partial charge on any atom is -0.487 e. The van der Waals surface area contributed by atoms with Gasteiger partial charge in [-0.05, 0) is 60.4 Å².